The Balaban J connectivity index is 1.14. The molecule has 6 aromatic rings. The number of azo groups is 2. The zero-order valence-corrected chi connectivity index (χ0v) is 33.5. The van der Waals surface area contributed by atoms with Crippen molar-refractivity contribution in [2.45, 2.75) is 9.79 Å². The number of benzene rings is 6. The summed E-state index contributed by atoms with van der Waals surface area (Å²) >= 11 is 0. The summed E-state index contributed by atoms with van der Waals surface area (Å²) in [7, 11) is -14.9. The number of allylic oxidation sites excluding steroid dienone is 1. The van der Waals surface area contributed by atoms with E-state index in [1.165, 1.54) is 42.5 Å². The quantitative estimate of drug-likeness (QED) is 0.0237. The number of non-ortho nitro benzene ring substituents is 1. The molecule has 6 aromatic carbocycles. The summed E-state index contributed by atoms with van der Waals surface area (Å²) in [6.45, 7) is 0. The normalized spacial score (nSPS) is 14.1. The van der Waals surface area contributed by atoms with E-state index >= 15 is 0 Å². The van der Waals surface area contributed by atoms with Crippen LogP contribution in [0, 0.1) is 10.1 Å². The van der Waals surface area contributed by atoms with Crippen molar-refractivity contribution in [2.75, 3.05) is 16.9 Å². The summed E-state index contributed by atoms with van der Waals surface area (Å²) in [4.78, 5) is 22.0. The standard InChI is InChI=1S/C38H27N9O12S3/c39-30-14-15-31(29-19-27(60(51,52)53)12-13-28(29)30)44-41-23-8-4-20(5-9-23)21-6-10-24(11-7-21)42-46-37-33(62(57,58)59)17-22-16-32(61(54,55)56)36(35(40)34(22)38(37)48)45-43-25-2-1-3-26(18-25)47(49)50/h1-19,42H,39-40H2,(H,51,52,53)(H,54,55,56)(H,57,58,59)/b44-41?,45-43?,46-37-. The number of fused-ring (bicyclic) bond motifs is 2. The lowest BCUT2D eigenvalue weighted by Crippen LogP contribution is -2.28. The Kier molecular flexibility index (Phi) is 11.0. The number of rotatable bonds is 11. The molecule has 0 bridgehead atoms. The number of nitrogen functional groups attached to an aromatic ring is 2. The third-order valence-corrected chi connectivity index (χ3v) is 11.7. The number of Topliss-reactive ketones (excluding diaryl/α,β-unsaturated/α-hetero) is 1. The fraction of sp³-hybridized carbons (Fsp3) is 0. The molecule has 0 saturated carbocycles. The summed E-state index contributed by atoms with van der Waals surface area (Å²) < 4.78 is 103. The Labute approximate surface area is 350 Å². The summed E-state index contributed by atoms with van der Waals surface area (Å²) in [6, 6.07) is 25.7. The maximum absolute atomic E-state index is 13.9. The lowest BCUT2D eigenvalue weighted by molar-refractivity contribution is -0.384. The number of carbonyl (C=O) groups is 1. The van der Waals surface area contributed by atoms with Gasteiger partial charge in [-0.05, 0) is 83.4 Å². The van der Waals surface area contributed by atoms with Crippen molar-refractivity contribution in [3.63, 3.8) is 0 Å². The van der Waals surface area contributed by atoms with Crippen LogP contribution in [0.1, 0.15) is 15.9 Å². The van der Waals surface area contributed by atoms with Crippen molar-refractivity contribution in [3.8, 4) is 11.1 Å². The van der Waals surface area contributed by atoms with Gasteiger partial charge in [0.2, 0.25) is 5.78 Å². The minimum Gasteiger partial charge on any atom is -0.398 e. The van der Waals surface area contributed by atoms with Gasteiger partial charge in [-0.3, -0.25) is 34.0 Å². The molecule has 314 valence electrons. The highest BCUT2D eigenvalue weighted by Crippen LogP contribution is 2.41. The Hall–Kier alpha value is -7.61. The minimum atomic E-state index is -5.20. The molecular weight excluding hydrogens is 871 g/mol. The smallest absolute Gasteiger partial charge is 0.296 e. The summed E-state index contributed by atoms with van der Waals surface area (Å²) in [5.41, 5.74) is 13.8. The largest absolute Gasteiger partial charge is 0.398 e. The van der Waals surface area contributed by atoms with Crippen LogP contribution in [0.2, 0.25) is 0 Å². The number of hydrogen-bond donors (Lipinski definition) is 6. The molecule has 0 radical (unpaired) electrons. The maximum Gasteiger partial charge on any atom is 0.296 e. The van der Waals surface area contributed by atoms with E-state index in [-0.39, 0.29) is 22.0 Å². The van der Waals surface area contributed by atoms with Crippen LogP contribution in [0.3, 0.4) is 0 Å². The van der Waals surface area contributed by atoms with Gasteiger partial charge in [-0.2, -0.15) is 40.6 Å². The second kappa shape index (κ2) is 16.1. The Morgan fingerprint density at radius 2 is 1.32 bits per heavy atom. The summed E-state index contributed by atoms with van der Waals surface area (Å²) in [6.07, 6.45) is 0.725. The molecule has 0 aliphatic heterocycles. The van der Waals surface area contributed by atoms with Gasteiger partial charge in [0.15, 0.2) is 5.71 Å². The molecule has 0 saturated heterocycles. The Bertz CT molecular complexity index is 3360. The molecule has 62 heavy (non-hydrogen) atoms. The van der Waals surface area contributed by atoms with Gasteiger partial charge in [-0.15, -0.1) is 10.2 Å². The fourth-order valence-corrected chi connectivity index (χ4v) is 7.98. The van der Waals surface area contributed by atoms with E-state index in [2.05, 4.69) is 31.0 Å². The van der Waals surface area contributed by atoms with E-state index in [1.54, 1.807) is 48.5 Å². The van der Waals surface area contributed by atoms with E-state index in [4.69, 9.17) is 11.5 Å². The van der Waals surface area contributed by atoms with Gasteiger partial charge in [-0.1, -0.05) is 36.4 Å². The van der Waals surface area contributed by atoms with Crippen LogP contribution in [-0.2, 0) is 30.4 Å². The number of carbonyl (C=O) groups excluding carboxylic acids is 1. The van der Waals surface area contributed by atoms with Crippen molar-refractivity contribution < 1.29 is 48.6 Å². The zero-order chi connectivity index (χ0) is 44.7. The zero-order valence-electron chi connectivity index (χ0n) is 31.0. The first-order chi connectivity index (χ1) is 29.2. The molecule has 0 amide bonds. The number of hydrogen-bond acceptors (Lipinski definition) is 17. The molecule has 0 heterocycles. The second-order valence-electron chi connectivity index (χ2n) is 13.1. The van der Waals surface area contributed by atoms with Crippen molar-refractivity contribution in [1.29, 1.82) is 0 Å². The number of nitrogens with zero attached hydrogens (tertiary/aromatic N) is 6. The molecule has 8 N–H and O–H groups in total. The van der Waals surface area contributed by atoms with Gasteiger partial charge < -0.3 is 11.5 Å². The van der Waals surface area contributed by atoms with Gasteiger partial charge in [0.25, 0.3) is 36.0 Å². The number of nitrogens with two attached hydrogens (primary N) is 2. The topological polar surface area (TPSA) is 349 Å². The third-order valence-electron chi connectivity index (χ3n) is 9.11. The first-order valence-corrected chi connectivity index (χ1v) is 21.6. The molecular formula is C38H27N9O12S3. The number of nitrogens with one attached hydrogen (secondary N) is 1. The molecule has 21 nitrogen and oxygen atoms in total. The highest BCUT2D eigenvalue weighted by Gasteiger charge is 2.37. The van der Waals surface area contributed by atoms with Crippen LogP contribution in [0.25, 0.3) is 28.0 Å². The van der Waals surface area contributed by atoms with Crippen LogP contribution < -0.4 is 16.9 Å². The number of ketones is 1. The lowest BCUT2D eigenvalue weighted by Gasteiger charge is -2.20. The fourth-order valence-electron chi connectivity index (χ4n) is 6.15. The Morgan fingerprint density at radius 3 is 1.95 bits per heavy atom. The van der Waals surface area contributed by atoms with Crippen LogP contribution in [0.5, 0.6) is 0 Å². The summed E-state index contributed by atoms with van der Waals surface area (Å²) in [5, 5.41) is 32.0. The molecule has 1 aliphatic rings. The predicted molar refractivity (Wildman–Crippen MR) is 227 cm³/mol. The molecule has 0 atom stereocenters. The van der Waals surface area contributed by atoms with Gasteiger partial charge in [-0.25, -0.2) is 0 Å². The number of nitro benzene ring substituents is 1. The van der Waals surface area contributed by atoms with E-state index in [0.717, 1.165) is 23.8 Å². The lowest BCUT2D eigenvalue weighted by atomic mass is 9.92. The van der Waals surface area contributed by atoms with Crippen molar-refractivity contribution in [3.05, 3.63) is 135 Å². The average Bonchev–Trinajstić information content (AvgIpc) is 3.22. The first-order valence-electron chi connectivity index (χ1n) is 17.3. The van der Waals surface area contributed by atoms with E-state index in [1.807, 2.05) is 0 Å². The van der Waals surface area contributed by atoms with Crippen molar-refractivity contribution >= 4 is 104 Å². The van der Waals surface area contributed by atoms with E-state index in [0.29, 0.717) is 39.5 Å². The molecule has 0 unspecified atom stereocenters. The SMILES string of the molecule is Nc1c(N=Nc2cccc([N+](=O)[O-])c2)c(S(=O)(=O)O)cc2c1C(=O)/C(=N\Nc1ccc(-c3ccc(N=Nc4ccc(N)c5ccc(S(=O)(=O)O)cc45)cc3)cc1)C(S(=O)(=O)O)=C2. The van der Waals surface area contributed by atoms with Crippen molar-refractivity contribution in [2.24, 2.45) is 25.6 Å². The van der Waals surface area contributed by atoms with Gasteiger partial charge in [0, 0.05) is 28.6 Å². The van der Waals surface area contributed by atoms with Crippen LogP contribution in [0.15, 0.2) is 149 Å². The highest BCUT2D eigenvalue weighted by molar-refractivity contribution is 7.91. The average molecular weight is 898 g/mol. The number of hydrazone groups is 1. The van der Waals surface area contributed by atoms with Gasteiger partial charge in [0.1, 0.15) is 15.5 Å². The summed E-state index contributed by atoms with van der Waals surface area (Å²) in [5.74, 6) is -1.20. The predicted octanol–water partition coefficient (Wildman–Crippen LogP) is 7.80. The van der Waals surface area contributed by atoms with Gasteiger partial charge in [0.05, 0.1) is 43.8 Å². The van der Waals surface area contributed by atoms with Crippen LogP contribution >= 0.6 is 0 Å². The number of anilines is 3. The molecule has 0 spiro atoms. The molecule has 0 fully saturated rings. The molecule has 1 aliphatic carbocycles. The van der Waals surface area contributed by atoms with E-state index < -0.39 is 79.1 Å². The second-order valence-corrected chi connectivity index (χ2v) is 17.3. The third kappa shape index (κ3) is 8.80. The van der Waals surface area contributed by atoms with Crippen LogP contribution in [-0.4, -0.2) is 55.3 Å². The minimum absolute atomic E-state index is 0.124. The first kappa shape index (κ1) is 42.5. The Morgan fingerprint density at radius 1 is 0.661 bits per heavy atom. The molecule has 7 rings (SSSR count). The maximum atomic E-state index is 13.9. The van der Waals surface area contributed by atoms with E-state index in [9.17, 15) is 53.8 Å². The molecule has 24 heteroatoms. The van der Waals surface area contributed by atoms with Crippen molar-refractivity contribution in [1.82, 2.24) is 0 Å². The molecule has 0 aromatic heterocycles. The number of nitro groups is 1. The monoisotopic (exact) mass is 897 g/mol. The highest BCUT2D eigenvalue weighted by atomic mass is 32.2. The van der Waals surface area contributed by atoms with Crippen LogP contribution in [0.4, 0.5) is 45.5 Å². The van der Waals surface area contributed by atoms with Gasteiger partial charge >= 0.3 is 0 Å².